The second-order valence-electron chi connectivity index (χ2n) is 7.79. The van der Waals surface area contributed by atoms with Crippen LogP contribution in [0.3, 0.4) is 0 Å². The highest BCUT2D eigenvalue weighted by atomic mass is 35.5. The first kappa shape index (κ1) is 22.2. The third-order valence-electron chi connectivity index (χ3n) is 5.69. The van der Waals surface area contributed by atoms with E-state index in [-0.39, 0.29) is 5.91 Å². The quantitative estimate of drug-likeness (QED) is 0.545. The average Bonchev–Trinajstić information content (AvgIpc) is 3.23. The molecule has 0 bridgehead atoms. The van der Waals surface area contributed by atoms with Gasteiger partial charge in [-0.25, -0.2) is 4.98 Å². The maximum Gasteiger partial charge on any atom is 0.253 e. The molecule has 0 saturated carbocycles. The van der Waals surface area contributed by atoms with Gasteiger partial charge in [-0.3, -0.25) is 9.69 Å². The van der Waals surface area contributed by atoms with Crippen LogP contribution in [0.4, 0.5) is 0 Å². The highest BCUT2D eigenvalue weighted by molar-refractivity contribution is 6.30. The third kappa shape index (κ3) is 5.23. The van der Waals surface area contributed by atoms with Crippen LogP contribution in [0.25, 0.3) is 0 Å². The van der Waals surface area contributed by atoms with Crippen molar-refractivity contribution in [2.24, 2.45) is 7.05 Å². The summed E-state index contributed by atoms with van der Waals surface area (Å²) >= 11 is 6.15. The van der Waals surface area contributed by atoms with Crippen molar-refractivity contribution >= 4 is 17.5 Å². The first-order valence-corrected chi connectivity index (χ1v) is 10.9. The third-order valence-corrected chi connectivity index (χ3v) is 5.92. The average molecular weight is 455 g/mol. The van der Waals surface area contributed by atoms with E-state index >= 15 is 0 Å². The molecule has 2 aromatic carbocycles. The molecule has 2 heterocycles. The lowest BCUT2D eigenvalue weighted by Crippen LogP contribution is -2.48. The number of benzene rings is 2. The predicted molar refractivity (Wildman–Crippen MR) is 123 cm³/mol. The van der Waals surface area contributed by atoms with E-state index in [1.165, 1.54) is 0 Å². The number of aryl methyl sites for hydroxylation is 1. The zero-order chi connectivity index (χ0) is 22.5. The van der Waals surface area contributed by atoms with E-state index in [9.17, 15) is 4.79 Å². The van der Waals surface area contributed by atoms with Crippen molar-refractivity contribution in [3.05, 3.63) is 76.8 Å². The summed E-state index contributed by atoms with van der Waals surface area (Å²) in [7, 11) is 3.59. The lowest BCUT2D eigenvalue weighted by Gasteiger charge is -2.35. The van der Waals surface area contributed by atoms with Gasteiger partial charge in [-0.2, -0.15) is 0 Å². The monoisotopic (exact) mass is 454 g/mol. The fourth-order valence-electron chi connectivity index (χ4n) is 3.78. The summed E-state index contributed by atoms with van der Waals surface area (Å²) in [5, 5.41) is 0.696. The van der Waals surface area contributed by atoms with Crippen LogP contribution in [0, 0.1) is 0 Å². The van der Waals surface area contributed by atoms with Crippen molar-refractivity contribution in [3.8, 4) is 11.5 Å². The van der Waals surface area contributed by atoms with Crippen LogP contribution < -0.4 is 9.47 Å². The maximum absolute atomic E-state index is 12.9. The van der Waals surface area contributed by atoms with Crippen LogP contribution in [0.1, 0.15) is 21.7 Å². The minimum atomic E-state index is 0.0423. The van der Waals surface area contributed by atoms with Gasteiger partial charge < -0.3 is 18.9 Å². The number of nitrogens with zero attached hydrogens (tertiary/aromatic N) is 4. The van der Waals surface area contributed by atoms with Gasteiger partial charge in [0, 0.05) is 68.3 Å². The maximum atomic E-state index is 12.9. The molecule has 0 atom stereocenters. The SMILES string of the molecule is COc1ccc(Cl)cc1CN1CCN(C(=O)c2ccc(OCc3nccn3C)cc2)CC1. The number of hydrogen-bond acceptors (Lipinski definition) is 5. The van der Waals surface area contributed by atoms with Crippen molar-refractivity contribution < 1.29 is 14.3 Å². The second-order valence-corrected chi connectivity index (χ2v) is 8.23. The molecule has 0 radical (unpaired) electrons. The first-order chi connectivity index (χ1) is 15.5. The van der Waals surface area contributed by atoms with Gasteiger partial charge in [0.1, 0.15) is 23.9 Å². The Balaban J connectivity index is 1.29. The van der Waals surface area contributed by atoms with Gasteiger partial charge in [-0.15, -0.1) is 0 Å². The first-order valence-electron chi connectivity index (χ1n) is 10.6. The molecular formula is C24H27ClN4O3. The van der Waals surface area contributed by atoms with Gasteiger partial charge in [-0.05, 0) is 42.5 Å². The Bertz CT molecular complexity index is 1060. The topological polar surface area (TPSA) is 59.8 Å². The highest BCUT2D eigenvalue weighted by Crippen LogP contribution is 2.24. The molecule has 168 valence electrons. The molecule has 0 aliphatic carbocycles. The Kier molecular flexibility index (Phi) is 6.97. The van der Waals surface area contributed by atoms with Crippen molar-refractivity contribution in [3.63, 3.8) is 0 Å². The van der Waals surface area contributed by atoms with Crippen LogP contribution >= 0.6 is 11.6 Å². The van der Waals surface area contributed by atoms with E-state index in [4.69, 9.17) is 21.1 Å². The Morgan fingerprint density at radius 1 is 1.09 bits per heavy atom. The van der Waals surface area contributed by atoms with Crippen molar-refractivity contribution in [2.45, 2.75) is 13.2 Å². The number of imidazole rings is 1. The summed E-state index contributed by atoms with van der Waals surface area (Å²) in [6, 6.07) is 13.0. The number of carbonyl (C=O) groups is 1. The number of rotatable bonds is 7. The number of aromatic nitrogens is 2. The molecule has 1 fully saturated rings. The molecule has 4 rings (SSSR count). The molecular weight excluding hydrogens is 428 g/mol. The minimum absolute atomic E-state index is 0.0423. The van der Waals surface area contributed by atoms with Crippen LogP contribution in [0.15, 0.2) is 54.9 Å². The van der Waals surface area contributed by atoms with Crippen LogP contribution in [-0.4, -0.2) is 58.5 Å². The number of amides is 1. The number of halogens is 1. The van der Waals surface area contributed by atoms with Gasteiger partial charge in [0.15, 0.2) is 0 Å². The van der Waals surface area contributed by atoms with Crippen molar-refractivity contribution in [1.29, 1.82) is 0 Å². The van der Waals surface area contributed by atoms with E-state index in [0.717, 1.165) is 36.8 Å². The molecule has 0 N–H and O–H groups in total. The van der Waals surface area contributed by atoms with Gasteiger partial charge >= 0.3 is 0 Å². The molecule has 8 heteroatoms. The summed E-state index contributed by atoms with van der Waals surface area (Å²) in [4.78, 5) is 21.4. The fraction of sp³-hybridized carbons (Fsp3) is 0.333. The normalized spacial score (nSPS) is 14.4. The number of hydrogen-bond donors (Lipinski definition) is 0. The summed E-state index contributed by atoms with van der Waals surface area (Å²) in [6.45, 7) is 4.08. The number of carbonyl (C=O) groups excluding carboxylic acids is 1. The van der Waals surface area contributed by atoms with E-state index in [1.54, 1.807) is 13.3 Å². The Hall–Kier alpha value is -3.03. The van der Waals surface area contributed by atoms with E-state index in [1.807, 2.05) is 65.2 Å². The molecule has 1 aliphatic heterocycles. The van der Waals surface area contributed by atoms with Crippen LogP contribution in [0.5, 0.6) is 11.5 Å². The van der Waals surface area contributed by atoms with E-state index in [2.05, 4.69) is 9.88 Å². The molecule has 1 aliphatic rings. The number of methoxy groups -OCH3 is 1. The summed E-state index contributed by atoms with van der Waals surface area (Å²) < 4.78 is 13.1. The van der Waals surface area contributed by atoms with Crippen molar-refractivity contribution in [2.75, 3.05) is 33.3 Å². The van der Waals surface area contributed by atoms with E-state index in [0.29, 0.717) is 36.0 Å². The summed E-state index contributed by atoms with van der Waals surface area (Å²) in [5.41, 5.74) is 1.72. The second kappa shape index (κ2) is 10.1. The minimum Gasteiger partial charge on any atom is -0.496 e. The zero-order valence-corrected chi connectivity index (χ0v) is 19.1. The van der Waals surface area contributed by atoms with Crippen molar-refractivity contribution in [1.82, 2.24) is 19.4 Å². The van der Waals surface area contributed by atoms with Gasteiger partial charge in [-0.1, -0.05) is 11.6 Å². The molecule has 0 unspecified atom stereocenters. The zero-order valence-electron chi connectivity index (χ0n) is 18.3. The predicted octanol–water partition coefficient (Wildman–Crippen LogP) is 3.62. The highest BCUT2D eigenvalue weighted by Gasteiger charge is 2.23. The lowest BCUT2D eigenvalue weighted by atomic mass is 10.1. The lowest BCUT2D eigenvalue weighted by molar-refractivity contribution is 0.0627. The van der Waals surface area contributed by atoms with Crippen LogP contribution in [0.2, 0.25) is 5.02 Å². The Labute approximate surface area is 193 Å². The smallest absolute Gasteiger partial charge is 0.253 e. The molecule has 1 saturated heterocycles. The van der Waals surface area contributed by atoms with Gasteiger partial charge in [0.25, 0.3) is 5.91 Å². The molecule has 0 spiro atoms. The molecule has 7 nitrogen and oxygen atoms in total. The summed E-state index contributed by atoms with van der Waals surface area (Å²) in [5.74, 6) is 2.43. The fourth-order valence-corrected chi connectivity index (χ4v) is 3.98. The van der Waals surface area contributed by atoms with Gasteiger partial charge in [0.2, 0.25) is 0 Å². The largest absolute Gasteiger partial charge is 0.496 e. The standard InChI is InChI=1S/C24H27ClN4O3/c1-27-10-9-26-23(27)17-32-21-6-3-18(4-7-21)24(30)29-13-11-28(12-14-29)16-19-15-20(25)5-8-22(19)31-2/h3-10,15H,11-14,16-17H2,1-2H3. The van der Waals surface area contributed by atoms with E-state index < -0.39 is 0 Å². The number of piperazine rings is 1. The molecule has 1 amide bonds. The van der Waals surface area contributed by atoms with Crippen LogP contribution in [-0.2, 0) is 20.2 Å². The Morgan fingerprint density at radius 3 is 2.50 bits per heavy atom. The van der Waals surface area contributed by atoms with Gasteiger partial charge in [0.05, 0.1) is 7.11 Å². The summed E-state index contributed by atoms with van der Waals surface area (Å²) in [6.07, 6.45) is 3.62. The molecule has 3 aromatic rings. The molecule has 32 heavy (non-hydrogen) atoms. The molecule has 1 aromatic heterocycles. The number of ether oxygens (including phenoxy) is 2. The Morgan fingerprint density at radius 2 is 1.84 bits per heavy atom.